The van der Waals surface area contributed by atoms with Crippen LogP contribution in [0.4, 0.5) is 0 Å². The van der Waals surface area contributed by atoms with Crippen LogP contribution in [0.5, 0.6) is 0 Å². The van der Waals surface area contributed by atoms with Crippen LogP contribution in [0.15, 0.2) is 0 Å². The summed E-state index contributed by atoms with van der Waals surface area (Å²) in [6, 6.07) is 7.00. The first-order chi connectivity index (χ1) is 7.39. The van der Waals surface area contributed by atoms with Gasteiger partial charge in [-0.25, -0.2) is 0 Å². The second kappa shape index (κ2) is 62.3. The molecule has 0 unspecified atom stereocenters. The molecule has 0 heterocycles. The predicted octanol–water partition coefficient (Wildman–Crippen LogP) is 4.19. The molecule has 0 aliphatic rings. The summed E-state index contributed by atoms with van der Waals surface area (Å²) in [7, 11) is 14.9. The van der Waals surface area contributed by atoms with E-state index in [1.165, 1.54) is 27.7 Å². The number of nitrogens with zero attached hydrogens (tertiary/aromatic N) is 4. The Labute approximate surface area is 115 Å². The van der Waals surface area contributed by atoms with E-state index in [9.17, 15) is 0 Å². The first-order valence-electron chi connectivity index (χ1n) is 3.46. The first-order valence-corrected chi connectivity index (χ1v) is 9.91. The van der Waals surface area contributed by atoms with Crippen LogP contribution >= 0.6 is 27.9 Å². The molecule has 0 amide bonds. The van der Waals surface area contributed by atoms with Gasteiger partial charge >= 0.3 is 42.6 Å². The summed E-state index contributed by atoms with van der Waals surface area (Å²) in [5, 5.41) is 29.3. The molecule has 0 aliphatic heterocycles. The van der Waals surface area contributed by atoms with Crippen molar-refractivity contribution in [2.24, 2.45) is 0 Å². The molecule has 0 saturated heterocycles. The van der Waals surface area contributed by atoms with Gasteiger partial charge in [-0.05, 0) is 0 Å². The van der Waals surface area contributed by atoms with Crippen LogP contribution in [0.3, 0.4) is 0 Å². The van der Waals surface area contributed by atoms with Crippen LogP contribution in [0.2, 0.25) is 0 Å². The van der Waals surface area contributed by atoms with Crippen molar-refractivity contribution in [1.82, 2.24) is 0 Å². The van der Waals surface area contributed by atoms with Crippen molar-refractivity contribution < 1.29 is 14.7 Å². The molecule has 89 valence electrons. The maximum atomic E-state index is 7.32. The van der Waals surface area contributed by atoms with E-state index < -0.39 is 14.7 Å². The molecule has 0 rings (SSSR count). The third-order valence-electron chi connectivity index (χ3n) is 0. The van der Waals surface area contributed by atoms with Gasteiger partial charge in [-0.15, -0.1) is 0 Å². The Morgan fingerprint density at radius 3 is 0.625 bits per heavy atom. The van der Waals surface area contributed by atoms with Gasteiger partial charge in [0.2, 0.25) is 0 Å². The van der Waals surface area contributed by atoms with Crippen molar-refractivity contribution in [3.05, 3.63) is 0 Å². The monoisotopic (exact) mass is 317 g/mol. The Bertz CT molecular complexity index is 193. The standard InChI is InChI=1S/4C2H3N.3ClH.Ti/c4*1-2-3;;;;/h4*1H3;3*1H;/q;;;;;;;+3/p-3. The molecule has 0 aromatic carbocycles. The zero-order chi connectivity index (χ0) is 14.4. The zero-order valence-corrected chi connectivity index (χ0v) is 13.3. The molecule has 0 bridgehead atoms. The van der Waals surface area contributed by atoms with Crippen molar-refractivity contribution in [2.75, 3.05) is 0 Å². The van der Waals surface area contributed by atoms with Gasteiger partial charge in [0.05, 0.1) is 24.3 Å². The Morgan fingerprint density at radius 1 is 0.625 bits per heavy atom. The van der Waals surface area contributed by atoms with Crippen LogP contribution in [-0.2, 0) is 14.7 Å². The first kappa shape index (κ1) is 29.6. The molecule has 4 nitrogen and oxygen atoms in total. The van der Waals surface area contributed by atoms with Crippen LogP contribution < -0.4 is 0 Å². The average molecular weight is 318 g/mol. The normalized spacial score (nSPS) is 3.69. The van der Waals surface area contributed by atoms with Gasteiger partial charge in [0.15, 0.2) is 0 Å². The van der Waals surface area contributed by atoms with E-state index in [0.717, 1.165) is 0 Å². The molecule has 16 heavy (non-hydrogen) atoms. The summed E-state index contributed by atoms with van der Waals surface area (Å²) in [5.74, 6) is 0. The number of rotatable bonds is 0. The van der Waals surface area contributed by atoms with E-state index >= 15 is 0 Å². The van der Waals surface area contributed by atoms with Crippen molar-refractivity contribution in [1.29, 1.82) is 21.0 Å². The van der Waals surface area contributed by atoms with Crippen molar-refractivity contribution in [2.45, 2.75) is 27.7 Å². The molecule has 0 aliphatic carbocycles. The second-order valence-corrected chi connectivity index (χ2v) is 8.85. The van der Waals surface area contributed by atoms with Crippen LogP contribution in [-0.4, -0.2) is 0 Å². The van der Waals surface area contributed by atoms with E-state index in [2.05, 4.69) is 0 Å². The Hall–Kier alpha value is -0.456. The summed E-state index contributed by atoms with van der Waals surface area (Å²) in [4.78, 5) is 0. The number of hydrogen-bond donors (Lipinski definition) is 0. The number of halogens is 3. The van der Waals surface area contributed by atoms with Gasteiger partial charge in [-0.1, -0.05) is 0 Å². The molecule has 0 aromatic rings. The van der Waals surface area contributed by atoms with E-state index in [1.807, 2.05) is 0 Å². The van der Waals surface area contributed by atoms with Crippen LogP contribution in [0.1, 0.15) is 27.7 Å². The van der Waals surface area contributed by atoms with E-state index in [1.54, 1.807) is 24.3 Å². The quantitative estimate of drug-likeness (QED) is 0.626. The van der Waals surface area contributed by atoms with Crippen molar-refractivity contribution >= 4 is 27.9 Å². The van der Waals surface area contributed by atoms with Crippen LogP contribution in [0.25, 0.3) is 0 Å². The molecule has 0 N–H and O–H groups in total. The molecular weight excluding hydrogens is 306 g/mol. The second-order valence-electron chi connectivity index (χ2n) is 1.11. The third kappa shape index (κ3) is 10300. The fourth-order valence-electron chi connectivity index (χ4n) is 0. The summed E-state index contributed by atoms with van der Waals surface area (Å²) < 4.78 is 0. The molecule has 8 heteroatoms. The molecule has 0 aromatic heterocycles. The summed E-state index contributed by atoms with van der Waals surface area (Å²) in [6.45, 7) is 5.72. The third-order valence-corrected chi connectivity index (χ3v) is 0. The summed E-state index contributed by atoms with van der Waals surface area (Å²) in [5.41, 5.74) is 0. The Morgan fingerprint density at radius 2 is 0.625 bits per heavy atom. The fourth-order valence-corrected chi connectivity index (χ4v) is 0. The molecule has 0 saturated carbocycles. The minimum atomic E-state index is -1.92. The average Bonchev–Trinajstić information content (AvgIpc) is 2.06. The maximum absolute atomic E-state index is 7.32. The Kier molecular flexibility index (Phi) is 115. The molecule has 0 radical (unpaired) electrons. The molecular formula is C8H12Cl3N4Ti. The fraction of sp³-hybridized carbons (Fsp3) is 0.500. The van der Waals surface area contributed by atoms with E-state index in [-0.39, 0.29) is 0 Å². The topological polar surface area (TPSA) is 95.2 Å². The summed E-state index contributed by atoms with van der Waals surface area (Å²) >= 11 is -1.92. The van der Waals surface area contributed by atoms with Gasteiger partial charge in [0.1, 0.15) is 0 Å². The van der Waals surface area contributed by atoms with Crippen molar-refractivity contribution in [3.8, 4) is 24.3 Å². The summed E-state index contributed by atoms with van der Waals surface area (Å²) in [6.07, 6.45) is 0. The number of nitriles is 4. The van der Waals surface area contributed by atoms with E-state index in [0.29, 0.717) is 0 Å². The van der Waals surface area contributed by atoms with Gasteiger partial charge < -0.3 is 0 Å². The molecule has 0 fully saturated rings. The number of hydrogen-bond acceptors (Lipinski definition) is 4. The van der Waals surface area contributed by atoms with Gasteiger partial charge in [-0.2, -0.15) is 21.0 Å². The van der Waals surface area contributed by atoms with Crippen LogP contribution in [0, 0.1) is 45.3 Å². The van der Waals surface area contributed by atoms with Gasteiger partial charge in [-0.3, -0.25) is 0 Å². The minimum absolute atomic E-state index is 1.43. The Balaban J connectivity index is -0.0000000317. The molecule has 0 atom stereocenters. The van der Waals surface area contributed by atoms with Gasteiger partial charge in [0, 0.05) is 27.7 Å². The van der Waals surface area contributed by atoms with E-state index in [4.69, 9.17) is 49.0 Å². The van der Waals surface area contributed by atoms with Crippen molar-refractivity contribution in [3.63, 3.8) is 0 Å². The molecule has 0 spiro atoms. The zero-order valence-electron chi connectivity index (χ0n) is 9.42. The van der Waals surface area contributed by atoms with Gasteiger partial charge in [0.25, 0.3) is 0 Å². The predicted molar refractivity (Wildman–Crippen MR) is 62.7 cm³/mol. The SMILES string of the molecule is CC#N.CC#N.CC#N.CC#N.[Cl][Ti]([Cl])[Cl].